The Morgan fingerprint density at radius 3 is 2.21 bits per heavy atom. The molecule has 0 saturated carbocycles. The highest BCUT2D eigenvalue weighted by Crippen LogP contribution is 2.18. The zero-order chi connectivity index (χ0) is 17.5. The third kappa shape index (κ3) is 5.74. The van der Waals surface area contributed by atoms with E-state index in [-0.39, 0.29) is 11.8 Å². The van der Waals surface area contributed by atoms with Crippen LogP contribution in [0.15, 0.2) is 42.5 Å². The Balaban J connectivity index is 1.80. The number of amides is 2. The second-order valence-corrected chi connectivity index (χ2v) is 6.72. The molecule has 0 atom stereocenters. The van der Waals surface area contributed by atoms with Crippen LogP contribution in [-0.4, -0.2) is 17.6 Å². The molecule has 126 valence electrons. The van der Waals surface area contributed by atoms with Gasteiger partial charge in [-0.1, -0.05) is 23.8 Å². The van der Waals surface area contributed by atoms with Crippen LogP contribution < -0.4 is 10.6 Å². The molecule has 2 N–H and O–H groups in total. The Bertz CT molecular complexity index is 727. The molecule has 0 radical (unpaired) electrons. The molecule has 0 fully saturated rings. The standard InChI is InChI=1S/C19H22N2O2S/c1-13-4-5-14(2)16(10-13)11-24-12-19(23)21-18-8-6-17(7-9-18)20-15(3)22/h4-10H,11-12H2,1-3H3,(H,20,22)(H,21,23). The molecule has 0 aliphatic rings. The van der Waals surface area contributed by atoms with Crippen molar-refractivity contribution in [1.29, 1.82) is 0 Å². The molecule has 0 bridgehead atoms. The molecule has 2 amide bonds. The van der Waals surface area contributed by atoms with Gasteiger partial charge in [0.05, 0.1) is 5.75 Å². The lowest BCUT2D eigenvalue weighted by atomic mass is 10.1. The van der Waals surface area contributed by atoms with Crippen molar-refractivity contribution in [3.05, 3.63) is 59.2 Å². The molecular formula is C19H22N2O2S. The third-order valence-electron chi connectivity index (χ3n) is 3.48. The molecule has 2 rings (SSSR count). The van der Waals surface area contributed by atoms with Crippen molar-refractivity contribution in [3.63, 3.8) is 0 Å². The van der Waals surface area contributed by atoms with Gasteiger partial charge in [0.15, 0.2) is 0 Å². The van der Waals surface area contributed by atoms with Gasteiger partial charge in [-0.25, -0.2) is 0 Å². The summed E-state index contributed by atoms with van der Waals surface area (Å²) in [6.07, 6.45) is 0. The minimum Gasteiger partial charge on any atom is -0.326 e. The molecular weight excluding hydrogens is 320 g/mol. The fourth-order valence-electron chi connectivity index (χ4n) is 2.25. The van der Waals surface area contributed by atoms with E-state index in [9.17, 15) is 9.59 Å². The maximum Gasteiger partial charge on any atom is 0.234 e. The molecule has 0 heterocycles. The second kappa shape index (κ2) is 8.55. The summed E-state index contributed by atoms with van der Waals surface area (Å²) in [6, 6.07) is 13.5. The summed E-state index contributed by atoms with van der Waals surface area (Å²) in [7, 11) is 0. The predicted octanol–water partition coefficient (Wildman–Crippen LogP) is 4.13. The van der Waals surface area contributed by atoms with Gasteiger partial charge < -0.3 is 10.6 Å². The summed E-state index contributed by atoms with van der Waals surface area (Å²) in [4.78, 5) is 23.0. The first-order valence-corrected chi connectivity index (χ1v) is 8.91. The fourth-order valence-corrected chi connectivity index (χ4v) is 3.14. The van der Waals surface area contributed by atoms with Crippen molar-refractivity contribution in [1.82, 2.24) is 0 Å². The number of rotatable bonds is 6. The van der Waals surface area contributed by atoms with Gasteiger partial charge in [-0.2, -0.15) is 0 Å². The predicted molar refractivity (Wildman–Crippen MR) is 101 cm³/mol. The van der Waals surface area contributed by atoms with E-state index in [1.807, 2.05) is 0 Å². The lowest BCUT2D eigenvalue weighted by molar-refractivity contribution is -0.114. The number of thioether (sulfide) groups is 1. The Kier molecular flexibility index (Phi) is 6.44. The number of hydrogen-bond acceptors (Lipinski definition) is 3. The average Bonchev–Trinajstić information content (AvgIpc) is 2.52. The Morgan fingerprint density at radius 1 is 0.958 bits per heavy atom. The highest BCUT2D eigenvalue weighted by molar-refractivity contribution is 7.99. The van der Waals surface area contributed by atoms with E-state index >= 15 is 0 Å². The highest BCUT2D eigenvalue weighted by Gasteiger charge is 2.05. The van der Waals surface area contributed by atoms with Gasteiger partial charge in [-0.05, 0) is 49.2 Å². The van der Waals surface area contributed by atoms with Gasteiger partial charge >= 0.3 is 0 Å². The van der Waals surface area contributed by atoms with E-state index in [1.54, 1.807) is 36.0 Å². The van der Waals surface area contributed by atoms with Gasteiger partial charge in [0.25, 0.3) is 0 Å². The van der Waals surface area contributed by atoms with Gasteiger partial charge in [-0.15, -0.1) is 11.8 Å². The smallest absolute Gasteiger partial charge is 0.234 e. The zero-order valence-electron chi connectivity index (χ0n) is 14.2. The maximum atomic E-state index is 12.0. The Hall–Kier alpha value is -2.27. The van der Waals surface area contributed by atoms with Crippen molar-refractivity contribution < 1.29 is 9.59 Å². The maximum absolute atomic E-state index is 12.0. The number of aryl methyl sites for hydroxylation is 2. The largest absolute Gasteiger partial charge is 0.326 e. The lowest BCUT2D eigenvalue weighted by Crippen LogP contribution is -2.14. The molecule has 24 heavy (non-hydrogen) atoms. The second-order valence-electron chi connectivity index (χ2n) is 5.73. The summed E-state index contributed by atoms with van der Waals surface area (Å²) in [5.41, 5.74) is 5.20. The van der Waals surface area contributed by atoms with Crippen molar-refractivity contribution >= 4 is 35.0 Å². The fraction of sp³-hybridized carbons (Fsp3) is 0.263. The number of carbonyl (C=O) groups excluding carboxylic acids is 2. The molecule has 0 aromatic heterocycles. The van der Waals surface area contributed by atoms with Crippen LogP contribution in [0.5, 0.6) is 0 Å². The van der Waals surface area contributed by atoms with E-state index in [0.717, 1.165) is 11.4 Å². The molecule has 2 aromatic rings. The molecule has 0 saturated heterocycles. The van der Waals surface area contributed by atoms with Crippen molar-refractivity contribution in [3.8, 4) is 0 Å². The third-order valence-corrected chi connectivity index (χ3v) is 4.47. The highest BCUT2D eigenvalue weighted by atomic mass is 32.2. The number of hydrogen-bond donors (Lipinski definition) is 2. The van der Waals surface area contributed by atoms with Crippen LogP contribution in [0.1, 0.15) is 23.6 Å². The van der Waals surface area contributed by atoms with E-state index in [0.29, 0.717) is 11.4 Å². The first kappa shape index (κ1) is 18.1. The SMILES string of the molecule is CC(=O)Nc1ccc(NC(=O)CSCc2cc(C)ccc2C)cc1. The summed E-state index contributed by atoms with van der Waals surface area (Å²) in [5, 5.41) is 5.55. The van der Waals surface area contributed by atoms with E-state index in [1.165, 1.54) is 23.6 Å². The topological polar surface area (TPSA) is 58.2 Å². The van der Waals surface area contributed by atoms with Gasteiger partial charge in [0, 0.05) is 24.1 Å². The Morgan fingerprint density at radius 2 is 1.58 bits per heavy atom. The van der Waals surface area contributed by atoms with Crippen LogP contribution in [0.2, 0.25) is 0 Å². The van der Waals surface area contributed by atoms with E-state index < -0.39 is 0 Å². The summed E-state index contributed by atoms with van der Waals surface area (Å²) in [6.45, 7) is 5.62. The van der Waals surface area contributed by atoms with Crippen LogP contribution in [0, 0.1) is 13.8 Å². The zero-order valence-corrected chi connectivity index (χ0v) is 15.0. The first-order valence-electron chi connectivity index (χ1n) is 7.75. The van der Waals surface area contributed by atoms with Gasteiger partial charge in [0.1, 0.15) is 0 Å². The van der Waals surface area contributed by atoms with Crippen molar-refractivity contribution in [2.45, 2.75) is 26.5 Å². The molecule has 5 heteroatoms. The monoisotopic (exact) mass is 342 g/mol. The summed E-state index contributed by atoms with van der Waals surface area (Å²) < 4.78 is 0. The number of benzene rings is 2. The molecule has 0 unspecified atom stereocenters. The molecule has 0 aliphatic heterocycles. The lowest BCUT2D eigenvalue weighted by Gasteiger charge is -2.08. The molecule has 0 aliphatic carbocycles. The molecule has 0 spiro atoms. The Labute approximate surface area is 147 Å². The minimum atomic E-state index is -0.116. The summed E-state index contributed by atoms with van der Waals surface area (Å²) in [5.74, 6) is 1.08. The minimum absolute atomic E-state index is 0.0300. The quantitative estimate of drug-likeness (QED) is 0.830. The number of anilines is 2. The van der Waals surface area contributed by atoms with Crippen molar-refractivity contribution in [2.24, 2.45) is 0 Å². The average molecular weight is 342 g/mol. The van der Waals surface area contributed by atoms with Gasteiger partial charge in [-0.3, -0.25) is 9.59 Å². The number of carbonyl (C=O) groups is 2. The van der Waals surface area contributed by atoms with Crippen LogP contribution in [0.3, 0.4) is 0 Å². The first-order chi connectivity index (χ1) is 11.4. The number of nitrogens with one attached hydrogen (secondary N) is 2. The van der Waals surface area contributed by atoms with Crippen molar-refractivity contribution in [2.75, 3.05) is 16.4 Å². The van der Waals surface area contributed by atoms with Crippen LogP contribution >= 0.6 is 11.8 Å². The van der Waals surface area contributed by atoms with Crippen LogP contribution in [-0.2, 0) is 15.3 Å². The van der Waals surface area contributed by atoms with E-state index in [4.69, 9.17) is 0 Å². The molecule has 2 aromatic carbocycles. The van der Waals surface area contributed by atoms with E-state index in [2.05, 4.69) is 42.7 Å². The normalized spacial score (nSPS) is 10.3. The van der Waals surface area contributed by atoms with Crippen LogP contribution in [0.25, 0.3) is 0 Å². The van der Waals surface area contributed by atoms with Crippen LogP contribution in [0.4, 0.5) is 11.4 Å². The summed E-state index contributed by atoms with van der Waals surface area (Å²) >= 11 is 1.60. The molecule has 4 nitrogen and oxygen atoms in total. The van der Waals surface area contributed by atoms with Gasteiger partial charge in [0.2, 0.25) is 11.8 Å².